The lowest BCUT2D eigenvalue weighted by Gasteiger charge is -2.16. The predicted octanol–water partition coefficient (Wildman–Crippen LogP) is 5.13. The summed E-state index contributed by atoms with van der Waals surface area (Å²) in [4.78, 5) is 0. The summed E-state index contributed by atoms with van der Waals surface area (Å²) in [5.74, 6) is 0.394. The van der Waals surface area contributed by atoms with Crippen LogP contribution in [0.15, 0.2) is 53.1 Å². The Balaban J connectivity index is 1.96. The summed E-state index contributed by atoms with van der Waals surface area (Å²) in [5, 5.41) is 21.1. The van der Waals surface area contributed by atoms with E-state index >= 15 is 0 Å². The van der Waals surface area contributed by atoms with Crippen molar-refractivity contribution in [3.63, 3.8) is 0 Å². The van der Waals surface area contributed by atoms with Gasteiger partial charge in [0.15, 0.2) is 0 Å². The van der Waals surface area contributed by atoms with Gasteiger partial charge in [0.1, 0.15) is 6.07 Å². The normalized spacial score (nSPS) is 12.5. The van der Waals surface area contributed by atoms with Crippen LogP contribution in [0.3, 0.4) is 0 Å². The second-order valence-electron chi connectivity index (χ2n) is 6.31. The zero-order valence-electron chi connectivity index (χ0n) is 13.7. The molecule has 1 atom stereocenters. The number of rotatable bonds is 4. The van der Waals surface area contributed by atoms with Crippen LogP contribution in [0.25, 0.3) is 10.9 Å². The number of benzene rings is 2. The number of aliphatic hydroxyl groups is 1. The molecule has 24 heavy (non-hydrogen) atoms. The number of hydrogen-bond donors (Lipinski definition) is 1. The Labute approximate surface area is 150 Å². The Morgan fingerprint density at radius 2 is 1.92 bits per heavy atom. The molecular formula is C20H19BrN2O. The van der Waals surface area contributed by atoms with Crippen molar-refractivity contribution < 1.29 is 5.11 Å². The predicted molar refractivity (Wildman–Crippen MR) is 99.8 cm³/mol. The molecule has 0 saturated heterocycles. The molecule has 0 unspecified atom stereocenters. The number of aliphatic hydroxyl groups excluding tert-OH is 1. The van der Waals surface area contributed by atoms with Crippen molar-refractivity contribution in [1.82, 2.24) is 4.57 Å². The highest BCUT2D eigenvalue weighted by Gasteiger charge is 2.14. The number of aromatic nitrogens is 1. The highest BCUT2D eigenvalue weighted by molar-refractivity contribution is 9.10. The minimum atomic E-state index is -0.637. The van der Waals surface area contributed by atoms with E-state index in [1.165, 1.54) is 5.56 Å². The van der Waals surface area contributed by atoms with Crippen molar-refractivity contribution in [1.29, 1.82) is 5.26 Å². The quantitative estimate of drug-likeness (QED) is 0.679. The number of nitriles is 1. The van der Waals surface area contributed by atoms with Crippen LogP contribution in [0.1, 0.15) is 42.6 Å². The molecule has 4 heteroatoms. The third-order valence-electron chi connectivity index (χ3n) is 4.27. The molecule has 2 aromatic carbocycles. The highest BCUT2D eigenvalue weighted by Crippen LogP contribution is 2.28. The van der Waals surface area contributed by atoms with E-state index in [2.05, 4.69) is 48.0 Å². The first kappa shape index (κ1) is 16.8. The Hall–Kier alpha value is -2.09. The Bertz CT molecular complexity index is 921. The lowest BCUT2D eigenvalue weighted by molar-refractivity contribution is 0.158. The van der Waals surface area contributed by atoms with Gasteiger partial charge in [-0.2, -0.15) is 5.26 Å². The second-order valence-corrected chi connectivity index (χ2v) is 7.23. The molecule has 122 valence electrons. The van der Waals surface area contributed by atoms with Gasteiger partial charge < -0.3 is 9.67 Å². The molecule has 0 fully saturated rings. The number of nitrogens with zero attached hydrogens (tertiary/aromatic N) is 2. The summed E-state index contributed by atoms with van der Waals surface area (Å²) >= 11 is 3.53. The van der Waals surface area contributed by atoms with Crippen molar-refractivity contribution in [2.45, 2.75) is 32.4 Å². The molecular weight excluding hydrogens is 364 g/mol. The Kier molecular flexibility index (Phi) is 4.75. The molecule has 0 amide bonds. The van der Waals surface area contributed by atoms with Gasteiger partial charge >= 0.3 is 0 Å². The molecule has 0 radical (unpaired) electrons. The van der Waals surface area contributed by atoms with E-state index in [0.717, 1.165) is 20.9 Å². The van der Waals surface area contributed by atoms with Gasteiger partial charge in [-0.25, -0.2) is 0 Å². The number of halogens is 1. The van der Waals surface area contributed by atoms with E-state index in [1.54, 1.807) is 6.07 Å². The SMILES string of the molecule is CC(C)c1cc(Br)cc([C@H](O)Cn2ccc3cccc(C#N)c32)c1. The molecule has 0 aliphatic rings. The summed E-state index contributed by atoms with van der Waals surface area (Å²) in [6, 6.07) is 16.0. The molecule has 0 spiro atoms. The van der Waals surface area contributed by atoms with Gasteiger partial charge in [0, 0.05) is 16.1 Å². The summed E-state index contributed by atoms with van der Waals surface area (Å²) in [5.41, 5.74) is 3.57. The third-order valence-corrected chi connectivity index (χ3v) is 4.73. The van der Waals surface area contributed by atoms with Gasteiger partial charge in [-0.1, -0.05) is 48.0 Å². The lowest BCUT2D eigenvalue weighted by atomic mass is 9.98. The smallest absolute Gasteiger partial charge is 0.101 e. The maximum absolute atomic E-state index is 10.7. The highest BCUT2D eigenvalue weighted by atomic mass is 79.9. The van der Waals surface area contributed by atoms with Gasteiger partial charge in [-0.3, -0.25) is 0 Å². The van der Waals surface area contributed by atoms with Crippen LogP contribution >= 0.6 is 15.9 Å². The average Bonchev–Trinajstić information content (AvgIpc) is 2.97. The first-order valence-corrected chi connectivity index (χ1v) is 8.75. The van der Waals surface area contributed by atoms with E-state index in [1.807, 2.05) is 35.0 Å². The standard InChI is InChI=1S/C20H19BrN2O/c1-13(2)16-8-17(10-18(21)9-16)19(24)12-23-7-6-14-4-3-5-15(11-22)20(14)23/h3-10,13,19,24H,12H2,1-2H3/t19-/m1/s1. The van der Waals surface area contributed by atoms with E-state index in [0.29, 0.717) is 18.0 Å². The van der Waals surface area contributed by atoms with E-state index in [-0.39, 0.29) is 0 Å². The fourth-order valence-corrected chi connectivity index (χ4v) is 3.49. The maximum atomic E-state index is 10.7. The summed E-state index contributed by atoms with van der Waals surface area (Å²) in [6.45, 7) is 4.68. The largest absolute Gasteiger partial charge is 0.387 e. The Morgan fingerprint density at radius 3 is 2.62 bits per heavy atom. The van der Waals surface area contributed by atoms with Crippen molar-refractivity contribution in [2.75, 3.05) is 0 Å². The van der Waals surface area contributed by atoms with Crippen LogP contribution in [0, 0.1) is 11.3 Å². The topological polar surface area (TPSA) is 49.0 Å². The van der Waals surface area contributed by atoms with E-state index in [4.69, 9.17) is 0 Å². The van der Waals surface area contributed by atoms with Gasteiger partial charge in [0.2, 0.25) is 0 Å². The van der Waals surface area contributed by atoms with Gasteiger partial charge in [0.25, 0.3) is 0 Å². The molecule has 0 aliphatic heterocycles. The minimum Gasteiger partial charge on any atom is -0.387 e. The van der Waals surface area contributed by atoms with Crippen LogP contribution < -0.4 is 0 Å². The monoisotopic (exact) mass is 382 g/mol. The molecule has 0 bridgehead atoms. The third kappa shape index (κ3) is 3.24. The van der Waals surface area contributed by atoms with Gasteiger partial charge in [-0.15, -0.1) is 0 Å². The van der Waals surface area contributed by atoms with Crippen molar-refractivity contribution in [2.24, 2.45) is 0 Å². The molecule has 1 heterocycles. The minimum absolute atomic E-state index is 0.394. The summed E-state index contributed by atoms with van der Waals surface area (Å²) in [7, 11) is 0. The first-order chi connectivity index (χ1) is 11.5. The molecule has 3 nitrogen and oxygen atoms in total. The van der Waals surface area contributed by atoms with Crippen LogP contribution in [-0.4, -0.2) is 9.67 Å². The molecule has 1 N–H and O–H groups in total. The molecule has 0 saturated carbocycles. The molecule has 3 rings (SSSR count). The fraction of sp³-hybridized carbons (Fsp3) is 0.250. The summed E-state index contributed by atoms with van der Waals surface area (Å²) in [6.07, 6.45) is 1.29. The second kappa shape index (κ2) is 6.80. The number of hydrogen-bond acceptors (Lipinski definition) is 2. The fourth-order valence-electron chi connectivity index (χ4n) is 2.96. The van der Waals surface area contributed by atoms with Crippen LogP contribution in [0.2, 0.25) is 0 Å². The van der Waals surface area contributed by atoms with Crippen molar-refractivity contribution >= 4 is 26.8 Å². The van der Waals surface area contributed by atoms with Gasteiger partial charge in [-0.05, 0) is 41.3 Å². The average molecular weight is 383 g/mol. The summed E-state index contributed by atoms with van der Waals surface area (Å²) < 4.78 is 2.92. The zero-order chi connectivity index (χ0) is 17.3. The van der Waals surface area contributed by atoms with E-state index in [9.17, 15) is 10.4 Å². The number of fused-ring (bicyclic) bond motifs is 1. The van der Waals surface area contributed by atoms with Crippen LogP contribution in [0.5, 0.6) is 0 Å². The lowest BCUT2D eigenvalue weighted by Crippen LogP contribution is -2.09. The van der Waals surface area contributed by atoms with E-state index < -0.39 is 6.10 Å². The zero-order valence-corrected chi connectivity index (χ0v) is 15.3. The van der Waals surface area contributed by atoms with Gasteiger partial charge in [0.05, 0.1) is 23.7 Å². The molecule has 0 aliphatic carbocycles. The maximum Gasteiger partial charge on any atom is 0.101 e. The van der Waals surface area contributed by atoms with Crippen molar-refractivity contribution in [3.8, 4) is 6.07 Å². The molecule has 3 aromatic rings. The van der Waals surface area contributed by atoms with Crippen molar-refractivity contribution in [3.05, 3.63) is 69.8 Å². The van der Waals surface area contributed by atoms with Crippen LogP contribution in [-0.2, 0) is 6.54 Å². The first-order valence-electron chi connectivity index (χ1n) is 7.96. The Morgan fingerprint density at radius 1 is 1.17 bits per heavy atom. The molecule has 1 aromatic heterocycles. The number of para-hydroxylation sites is 1. The van der Waals surface area contributed by atoms with Crippen LogP contribution in [0.4, 0.5) is 0 Å².